The van der Waals surface area contributed by atoms with Gasteiger partial charge in [0.05, 0.1) is 10.8 Å². The van der Waals surface area contributed by atoms with Gasteiger partial charge in [0, 0.05) is 18.3 Å². The van der Waals surface area contributed by atoms with E-state index in [-0.39, 0.29) is 17.5 Å². The highest BCUT2D eigenvalue weighted by atomic mass is 32.2. The van der Waals surface area contributed by atoms with Gasteiger partial charge in [-0.3, -0.25) is 4.79 Å². The number of carbonyl (C=O) groups is 1. The quantitative estimate of drug-likeness (QED) is 0.794. The molecule has 7 heteroatoms. The van der Waals surface area contributed by atoms with Crippen LogP contribution in [0.5, 0.6) is 0 Å². The molecule has 0 aliphatic carbocycles. The molecule has 2 rings (SSSR count). The molecular weight excluding hydrogens is 278 g/mol. The van der Waals surface area contributed by atoms with Gasteiger partial charge in [-0.2, -0.15) is 4.31 Å². The van der Waals surface area contributed by atoms with Crippen molar-refractivity contribution in [1.29, 1.82) is 0 Å². The summed E-state index contributed by atoms with van der Waals surface area (Å²) in [5, 5.41) is 0. The molecule has 1 aliphatic rings. The minimum Gasteiger partial charge on any atom is -0.399 e. The molecule has 1 fully saturated rings. The second-order valence-corrected chi connectivity index (χ2v) is 7.06. The lowest BCUT2D eigenvalue weighted by Gasteiger charge is -2.35. The molecule has 20 heavy (non-hydrogen) atoms. The lowest BCUT2D eigenvalue weighted by atomic mass is 9.95. The van der Waals surface area contributed by atoms with Crippen LogP contribution in [-0.2, 0) is 14.8 Å². The number of amides is 1. The third-order valence-corrected chi connectivity index (χ3v) is 5.71. The average Bonchev–Trinajstić information content (AvgIpc) is 2.39. The highest BCUT2D eigenvalue weighted by molar-refractivity contribution is 7.89. The summed E-state index contributed by atoms with van der Waals surface area (Å²) in [6.07, 6.45) is 1.26. The molecule has 1 saturated heterocycles. The first-order valence-corrected chi connectivity index (χ1v) is 7.93. The standard InChI is InChI=1S/C13H19N3O3S/c1-9-2-3-10(13(15)17)8-16(9)20(18,19)12-6-4-11(14)5-7-12/h4-7,9-10H,2-3,8,14H2,1H3,(H2,15,17). The van der Waals surface area contributed by atoms with Gasteiger partial charge in [-0.1, -0.05) is 0 Å². The summed E-state index contributed by atoms with van der Waals surface area (Å²) in [4.78, 5) is 11.5. The van der Waals surface area contributed by atoms with Crippen LogP contribution in [0, 0.1) is 5.92 Å². The monoisotopic (exact) mass is 297 g/mol. The van der Waals surface area contributed by atoms with Gasteiger partial charge in [0.25, 0.3) is 0 Å². The van der Waals surface area contributed by atoms with E-state index in [4.69, 9.17) is 11.5 Å². The van der Waals surface area contributed by atoms with Crippen molar-refractivity contribution in [1.82, 2.24) is 4.31 Å². The molecule has 1 amide bonds. The smallest absolute Gasteiger partial charge is 0.243 e. The Hall–Kier alpha value is -1.60. The summed E-state index contributed by atoms with van der Waals surface area (Å²) < 4.78 is 26.6. The van der Waals surface area contributed by atoms with Crippen molar-refractivity contribution in [3.05, 3.63) is 24.3 Å². The third-order valence-electron chi connectivity index (χ3n) is 3.71. The number of primary amides is 1. The number of hydrogen-bond donors (Lipinski definition) is 2. The highest BCUT2D eigenvalue weighted by Gasteiger charge is 2.36. The van der Waals surface area contributed by atoms with Crippen LogP contribution < -0.4 is 11.5 Å². The minimum atomic E-state index is -3.62. The van der Waals surface area contributed by atoms with E-state index < -0.39 is 21.8 Å². The van der Waals surface area contributed by atoms with Crippen LogP contribution in [0.2, 0.25) is 0 Å². The van der Waals surface area contributed by atoms with Crippen LogP contribution in [-0.4, -0.2) is 31.2 Å². The maximum Gasteiger partial charge on any atom is 0.243 e. The fourth-order valence-corrected chi connectivity index (χ4v) is 4.12. The van der Waals surface area contributed by atoms with Crippen molar-refractivity contribution in [2.45, 2.75) is 30.7 Å². The molecule has 1 aromatic rings. The Morgan fingerprint density at radius 1 is 1.25 bits per heavy atom. The van der Waals surface area contributed by atoms with Gasteiger partial charge in [-0.05, 0) is 44.0 Å². The molecule has 2 atom stereocenters. The molecule has 0 radical (unpaired) electrons. The summed E-state index contributed by atoms with van der Waals surface area (Å²) in [6.45, 7) is 1.98. The zero-order valence-corrected chi connectivity index (χ0v) is 12.1. The predicted octanol–water partition coefficient (Wildman–Crippen LogP) is 0.543. The van der Waals surface area contributed by atoms with E-state index in [1.807, 2.05) is 6.92 Å². The topological polar surface area (TPSA) is 106 Å². The van der Waals surface area contributed by atoms with Crippen molar-refractivity contribution in [3.63, 3.8) is 0 Å². The number of hydrogen-bond acceptors (Lipinski definition) is 4. The number of nitrogens with two attached hydrogens (primary N) is 2. The van der Waals surface area contributed by atoms with Crippen LogP contribution in [0.4, 0.5) is 5.69 Å². The van der Waals surface area contributed by atoms with E-state index in [2.05, 4.69) is 0 Å². The van der Waals surface area contributed by atoms with Crippen LogP contribution in [0.3, 0.4) is 0 Å². The van der Waals surface area contributed by atoms with Crippen molar-refractivity contribution in [2.24, 2.45) is 11.7 Å². The fraction of sp³-hybridized carbons (Fsp3) is 0.462. The maximum absolute atomic E-state index is 12.6. The second kappa shape index (κ2) is 5.41. The van der Waals surface area contributed by atoms with Gasteiger partial charge in [-0.15, -0.1) is 0 Å². The maximum atomic E-state index is 12.6. The number of piperidine rings is 1. The lowest BCUT2D eigenvalue weighted by Crippen LogP contribution is -2.48. The van der Waals surface area contributed by atoms with Crippen LogP contribution in [0.1, 0.15) is 19.8 Å². The highest BCUT2D eigenvalue weighted by Crippen LogP contribution is 2.28. The number of nitrogens with zero attached hydrogens (tertiary/aromatic N) is 1. The number of rotatable bonds is 3. The minimum absolute atomic E-state index is 0.142. The number of anilines is 1. The van der Waals surface area contributed by atoms with Gasteiger partial charge in [-0.25, -0.2) is 8.42 Å². The van der Waals surface area contributed by atoms with Crippen LogP contribution in [0.25, 0.3) is 0 Å². The summed E-state index contributed by atoms with van der Waals surface area (Å²) in [5.74, 6) is -0.871. The first-order valence-electron chi connectivity index (χ1n) is 6.49. The van der Waals surface area contributed by atoms with E-state index in [1.165, 1.54) is 16.4 Å². The number of carbonyl (C=O) groups excluding carboxylic acids is 1. The summed E-state index contributed by atoms with van der Waals surface area (Å²) >= 11 is 0. The molecule has 4 N–H and O–H groups in total. The van der Waals surface area contributed by atoms with Crippen LogP contribution >= 0.6 is 0 Å². The SMILES string of the molecule is CC1CCC(C(N)=O)CN1S(=O)(=O)c1ccc(N)cc1. The summed E-state index contributed by atoms with van der Waals surface area (Å²) in [7, 11) is -3.62. The Morgan fingerprint density at radius 2 is 1.85 bits per heavy atom. The predicted molar refractivity (Wildman–Crippen MR) is 76.1 cm³/mol. The Morgan fingerprint density at radius 3 is 2.40 bits per heavy atom. The largest absolute Gasteiger partial charge is 0.399 e. The van der Waals surface area contributed by atoms with Crippen molar-refractivity contribution in [2.75, 3.05) is 12.3 Å². The fourth-order valence-electron chi connectivity index (χ4n) is 2.42. The molecule has 0 spiro atoms. The lowest BCUT2D eigenvalue weighted by molar-refractivity contribution is -0.123. The molecule has 0 bridgehead atoms. The molecule has 2 unspecified atom stereocenters. The van der Waals surface area contributed by atoms with Crippen LogP contribution in [0.15, 0.2) is 29.2 Å². The van der Waals surface area contributed by atoms with Gasteiger partial charge in [0.2, 0.25) is 15.9 Å². The van der Waals surface area contributed by atoms with E-state index in [0.29, 0.717) is 18.5 Å². The Bertz CT molecular complexity index is 598. The number of benzene rings is 1. The average molecular weight is 297 g/mol. The first-order chi connectivity index (χ1) is 9.32. The molecule has 0 saturated carbocycles. The second-order valence-electron chi connectivity index (χ2n) is 5.17. The molecule has 6 nitrogen and oxygen atoms in total. The Labute approximate surface area is 118 Å². The van der Waals surface area contributed by atoms with Gasteiger partial charge in [0.15, 0.2) is 0 Å². The third kappa shape index (κ3) is 2.78. The van der Waals surface area contributed by atoms with E-state index >= 15 is 0 Å². The number of nitrogen functional groups attached to an aromatic ring is 1. The van der Waals surface area contributed by atoms with Crippen molar-refractivity contribution in [3.8, 4) is 0 Å². The van der Waals surface area contributed by atoms with Gasteiger partial charge in [0.1, 0.15) is 0 Å². The molecule has 0 aromatic heterocycles. The molecule has 1 aliphatic heterocycles. The molecule has 110 valence electrons. The Kier molecular flexibility index (Phi) is 4.01. The van der Waals surface area contributed by atoms with E-state index in [1.54, 1.807) is 12.1 Å². The van der Waals surface area contributed by atoms with E-state index in [9.17, 15) is 13.2 Å². The molecular formula is C13H19N3O3S. The zero-order valence-electron chi connectivity index (χ0n) is 11.3. The molecule has 1 heterocycles. The van der Waals surface area contributed by atoms with Crippen molar-refractivity contribution < 1.29 is 13.2 Å². The number of sulfonamides is 1. The van der Waals surface area contributed by atoms with Gasteiger partial charge < -0.3 is 11.5 Å². The Balaban J connectivity index is 2.31. The summed E-state index contributed by atoms with van der Waals surface area (Å²) in [6, 6.07) is 5.91. The normalized spacial score (nSPS) is 24.4. The first kappa shape index (κ1) is 14.8. The van der Waals surface area contributed by atoms with E-state index in [0.717, 1.165) is 0 Å². The summed E-state index contributed by atoms with van der Waals surface area (Å²) in [5.41, 5.74) is 11.4. The van der Waals surface area contributed by atoms with Crippen molar-refractivity contribution >= 4 is 21.6 Å². The zero-order chi connectivity index (χ0) is 14.9. The molecule has 1 aromatic carbocycles. The van der Waals surface area contributed by atoms with Gasteiger partial charge >= 0.3 is 0 Å².